The van der Waals surface area contributed by atoms with Crippen LogP contribution in [0.3, 0.4) is 0 Å². The highest BCUT2D eigenvalue weighted by molar-refractivity contribution is 5.83. The van der Waals surface area contributed by atoms with Gasteiger partial charge in [0.25, 0.3) is 0 Å². The van der Waals surface area contributed by atoms with Crippen molar-refractivity contribution in [1.82, 2.24) is 10.2 Å². The number of hydrogen-bond donors (Lipinski definition) is 2. The number of methoxy groups -OCH3 is 3. The van der Waals surface area contributed by atoms with Crippen molar-refractivity contribution in [3.8, 4) is 0 Å². The first-order chi connectivity index (χ1) is 16.9. The Kier molecular flexibility index (Phi) is 8.95. The molecule has 2 aliphatic heterocycles. The van der Waals surface area contributed by atoms with Gasteiger partial charge in [-0.05, 0) is 67.9 Å². The molecule has 6 atom stereocenters. The Balaban J connectivity index is 1.60. The molecule has 35 heavy (non-hydrogen) atoms. The molecular weight excluding hydrogens is 444 g/mol. The molecule has 7 nitrogen and oxygen atoms in total. The Labute approximate surface area is 210 Å². The van der Waals surface area contributed by atoms with Gasteiger partial charge in [-0.3, -0.25) is 9.69 Å². The van der Waals surface area contributed by atoms with E-state index in [1.54, 1.807) is 21.3 Å². The van der Waals surface area contributed by atoms with Gasteiger partial charge >= 0.3 is 0 Å². The fourth-order valence-corrected chi connectivity index (χ4v) is 6.49. The fraction of sp³-hybridized carbons (Fsp3) is 0.750. The second kappa shape index (κ2) is 11.9. The number of aliphatic hydroxyl groups is 1. The van der Waals surface area contributed by atoms with Gasteiger partial charge in [-0.15, -0.1) is 0 Å². The van der Waals surface area contributed by atoms with Crippen LogP contribution in [0.1, 0.15) is 64.7 Å². The third-order valence-electron chi connectivity index (χ3n) is 8.33. The van der Waals surface area contributed by atoms with Crippen LogP contribution in [0, 0.1) is 17.8 Å². The van der Waals surface area contributed by atoms with Crippen molar-refractivity contribution in [3.05, 3.63) is 34.8 Å². The van der Waals surface area contributed by atoms with E-state index in [1.165, 1.54) is 18.4 Å². The molecular formula is C28H44N2O5. The first-order valence-electron chi connectivity index (χ1n) is 13.4. The molecule has 2 aliphatic carbocycles. The van der Waals surface area contributed by atoms with Crippen molar-refractivity contribution in [2.75, 3.05) is 34.4 Å². The minimum absolute atomic E-state index is 0.0750. The van der Waals surface area contributed by atoms with Crippen LogP contribution in [0.2, 0.25) is 0 Å². The number of carbonyl (C=O) groups is 1. The monoisotopic (exact) mass is 488 g/mol. The van der Waals surface area contributed by atoms with Gasteiger partial charge in [-0.25, -0.2) is 0 Å². The second-order valence-corrected chi connectivity index (χ2v) is 10.9. The van der Waals surface area contributed by atoms with Crippen LogP contribution < -0.4 is 5.32 Å². The molecule has 4 rings (SSSR count). The lowest BCUT2D eigenvalue weighted by Crippen LogP contribution is -2.40. The van der Waals surface area contributed by atoms with Crippen molar-refractivity contribution in [2.24, 2.45) is 17.8 Å². The third kappa shape index (κ3) is 6.30. The van der Waals surface area contributed by atoms with Crippen LogP contribution in [0.4, 0.5) is 0 Å². The van der Waals surface area contributed by atoms with Gasteiger partial charge in [-0.2, -0.15) is 0 Å². The van der Waals surface area contributed by atoms with Crippen LogP contribution in [0.5, 0.6) is 0 Å². The molecule has 0 radical (unpaired) electrons. The highest BCUT2D eigenvalue weighted by atomic mass is 16.5. The van der Waals surface area contributed by atoms with Gasteiger partial charge in [0.05, 0.1) is 26.4 Å². The van der Waals surface area contributed by atoms with Crippen LogP contribution in [-0.2, 0) is 19.0 Å². The van der Waals surface area contributed by atoms with Crippen molar-refractivity contribution in [1.29, 1.82) is 0 Å². The smallest absolute Gasteiger partial charge is 0.224 e. The van der Waals surface area contributed by atoms with Gasteiger partial charge in [0.15, 0.2) is 0 Å². The molecule has 0 saturated carbocycles. The van der Waals surface area contributed by atoms with E-state index in [2.05, 4.69) is 23.2 Å². The summed E-state index contributed by atoms with van der Waals surface area (Å²) in [5, 5.41) is 14.6. The maximum atomic E-state index is 11.9. The van der Waals surface area contributed by atoms with Crippen LogP contribution in [0.25, 0.3) is 0 Å². The number of nitrogens with zero attached hydrogens (tertiary/aromatic N) is 1. The summed E-state index contributed by atoms with van der Waals surface area (Å²) in [4.78, 5) is 14.2. The number of amides is 1. The van der Waals surface area contributed by atoms with Gasteiger partial charge in [0, 0.05) is 38.6 Å². The summed E-state index contributed by atoms with van der Waals surface area (Å²) in [5.41, 5.74) is 2.30. The Morgan fingerprint density at radius 1 is 1.14 bits per heavy atom. The van der Waals surface area contributed by atoms with E-state index in [-0.39, 0.29) is 24.0 Å². The zero-order valence-electron chi connectivity index (χ0n) is 21.9. The number of hydrogen-bond acceptors (Lipinski definition) is 6. The van der Waals surface area contributed by atoms with Gasteiger partial charge < -0.3 is 24.6 Å². The number of aliphatic hydroxyl groups excluding tert-OH is 1. The highest BCUT2D eigenvalue weighted by Gasteiger charge is 2.36. The van der Waals surface area contributed by atoms with Crippen LogP contribution >= 0.6 is 0 Å². The SMILES string of the molecule is COC1=CC(OC)CC(OC)=C1C(CC1C=C2CC(=O)NC2CC1)CC(O)N1CCCCC(C)C1. The van der Waals surface area contributed by atoms with E-state index >= 15 is 0 Å². The number of allylic oxidation sites excluding steroid dienone is 2. The number of ether oxygens (including phenoxy) is 3. The molecule has 0 spiro atoms. The molecule has 0 aromatic rings. The normalized spacial score (nSPS) is 31.6. The predicted molar refractivity (Wildman–Crippen MR) is 135 cm³/mol. The van der Waals surface area contributed by atoms with Gasteiger partial charge in [-0.1, -0.05) is 19.4 Å². The van der Waals surface area contributed by atoms with Crippen LogP contribution in [0.15, 0.2) is 34.8 Å². The summed E-state index contributed by atoms with van der Waals surface area (Å²) < 4.78 is 17.4. The van der Waals surface area contributed by atoms with E-state index in [0.29, 0.717) is 31.1 Å². The lowest BCUT2D eigenvalue weighted by molar-refractivity contribution is -0.119. The van der Waals surface area contributed by atoms with E-state index in [9.17, 15) is 9.90 Å². The molecule has 2 fully saturated rings. The summed E-state index contributed by atoms with van der Waals surface area (Å²) >= 11 is 0. The molecule has 2 saturated heterocycles. The van der Waals surface area contributed by atoms with Gasteiger partial charge in [0.1, 0.15) is 17.7 Å². The first-order valence-corrected chi connectivity index (χ1v) is 13.4. The van der Waals surface area contributed by atoms with Gasteiger partial charge in [0.2, 0.25) is 5.91 Å². The van der Waals surface area contributed by atoms with Crippen molar-refractivity contribution in [2.45, 2.75) is 83.1 Å². The molecule has 6 unspecified atom stereocenters. The summed E-state index contributed by atoms with van der Waals surface area (Å²) in [6, 6.07) is 0.210. The van der Waals surface area contributed by atoms with E-state index in [1.807, 2.05) is 6.08 Å². The fourth-order valence-electron chi connectivity index (χ4n) is 6.49. The van der Waals surface area contributed by atoms with E-state index in [0.717, 1.165) is 55.9 Å². The third-order valence-corrected chi connectivity index (χ3v) is 8.33. The topological polar surface area (TPSA) is 80.3 Å². The number of nitrogens with one attached hydrogen (secondary N) is 1. The highest BCUT2D eigenvalue weighted by Crippen LogP contribution is 2.41. The quantitative estimate of drug-likeness (QED) is 0.479. The Bertz CT molecular complexity index is 850. The lowest BCUT2D eigenvalue weighted by atomic mass is 9.77. The maximum absolute atomic E-state index is 11.9. The molecule has 0 aromatic carbocycles. The number of carbonyl (C=O) groups excluding carboxylic acids is 1. The standard InChI is InChI=1S/C28H44N2O5/c1-18-7-5-6-10-30(17-18)27(32)14-21(12-19-8-9-23-20(11-19)13-26(31)29-23)28-24(34-3)15-22(33-2)16-25(28)35-4/h11,15,18-19,21-23,27,32H,5-10,12-14,16-17H2,1-4H3,(H,29,31). The molecule has 0 aromatic heterocycles. The number of rotatable bonds is 9. The van der Waals surface area contributed by atoms with Crippen molar-refractivity contribution < 1.29 is 24.1 Å². The zero-order valence-corrected chi connectivity index (χ0v) is 21.9. The largest absolute Gasteiger partial charge is 0.501 e. The Hall–Kier alpha value is -1.83. The zero-order chi connectivity index (χ0) is 24.9. The molecule has 0 bridgehead atoms. The average Bonchev–Trinajstić information content (AvgIpc) is 3.08. The van der Waals surface area contributed by atoms with E-state index in [4.69, 9.17) is 14.2 Å². The Morgan fingerprint density at radius 3 is 2.71 bits per heavy atom. The van der Waals surface area contributed by atoms with Crippen LogP contribution in [-0.4, -0.2) is 68.7 Å². The molecule has 196 valence electrons. The average molecular weight is 489 g/mol. The summed E-state index contributed by atoms with van der Waals surface area (Å²) in [6.07, 6.45) is 12.1. The number of fused-ring (bicyclic) bond motifs is 1. The summed E-state index contributed by atoms with van der Waals surface area (Å²) in [6.45, 7) is 4.16. The minimum Gasteiger partial charge on any atom is -0.501 e. The summed E-state index contributed by atoms with van der Waals surface area (Å²) in [5.74, 6) is 2.84. The van der Waals surface area contributed by atoms with Crippen molar-refractivity contribution in [3.63, 3.8) is 0 Å². The number of likely N-dealkylation sites (tertiary alicyclic amines) is 1. The minimum atomic E-state index is -0.511. The van der Waals surface area contributed by atoms with E-state index < -0.39 is 6.23 Å². The lowest BCUT2D eigenvalue weighted by Gasteiger charge is -2.36. The molecule has 1 amide bonds. The second-order valence-electron chi connectivity index (χ2n) is 10.9. The molecule has 2 heterocycles. The Morgan fingerprint density at radius 2 is 1.97 bits per heavy atom. The molecule has 7 heteroatoms. The first kappa shape index (κ1) is 26.2. The predicted octanol–water partition coefficient (Wildman–Crippen LogP) is 3.90. The maximum Gasteiger partial charge on any atom is 0.224 e. The molecule has 2 N–H and O–H groups in total. The summed E-state index contributed by atoms with van der Waals surface area (Å²) in [7, 11) is 5.12. The molecule has 4 aliphatic rings. The van der Waals surface area contributed by atoms with Crippen molar-refractivity contribution >= 4 is 5.91 Å².